The molecular weight excluding hydrogens is 270 g/mol. The summed E-state index contributed by atoms with van der Waals surface area (Å²) in [5, 5.41) is 12.8. The molecule has 0 spiro atoms. The van der Waals surface area contributed by atoms with Gasteiger partial charge in [0.2, 0.25) is 0 Å². The minimum Gasteiger partial charge on any atom is -0.507 e. The van der Waals surface area contributed by atoms with Gasteiger partial charge in [0, 0.05) is 24.1 Å². The lowest BCUT2D eigenvalue weighted by molar-refractivity contribution is 0.0978. The van der Waals surface area contributed by atoms with Crippen molar-refractivity contribution in [1.82, 2.24) is 0 Å². The predicted octanol–water partition coefficient (Wildman–Crippen LogP) is 1.37. The van der Waals surface area contributed by atoms with Crippen LogP contribution in [0.15, 0.2) is 24.3 Å². The number of phenolic OH excluding ortho intramolecular Hbond substituents is 1. The first-order valence-corrected chi connectivity index (χ1v) is 6.28. The summed E-state index contributed by atoms with van der Waals surface area (Å²) in [5.74, 6) is -1.21. The van der Waals surface area contributed by atoms with Crippen molar-refractivity contribution in [3.63, 3.8) is 0 Å². The van der Waals surface area contributed by atoms with Crippen LogP contribution in [0.25, 0.3) is 0 Å². The molecule has 1 aliphatic carbocycles. The summed E-state index contributed by atoms with van der Waals surface area (Å²) >= 11 is 0. The lowest BCUT2D eigenvalue weighted by Crippen LogP contribution is -2.25. The molecule has 0 atom stereocenters. The Hall–Kier alpha value is -3.02. The highest BCUT2D eigenvalue weighted by molar-refractivity contribution is 6.34. The molecule has 0 aliphatic heterocycles. The van der Waals surface area contributed by atoms with Gasteiger partial charge in [0.05, 0.1) is 22.3 Å². The SMILES string of the molecule is CNc1ccc(N)c2c1C(=O)c1c(N)ccc(O)c1C2=O. The predicted molar refractivity (Wildman–Crippen MR) is 79.8 cm³/mol. The van der Waals surface area contributed by atoms with Gasteiger partial charge in [0.1, 0.15) is 5.75 Å². The fourth-order valence-corrected chi connectivity index (χ4v) is 2.64. The van der Waals surface area contributed by atoms with Gasteiger partial charge in [0.15, 0.2) is 11.6 Å². The number of carbonyl (C=O) groups is 2. The molecule has 0 heterocycles. The summed E-state index contributed by atoms with van der Waals surface area (Å²) in [7, 11) is 1.64. The molecule has 0 saturated heterocycles. The highest BCUT2D eigenvalue weighted by atomic mass is 16.3. The number of nitrogens with one attached hydrogen (secondary N) is 1. The maximum atomic E-state index is 12.7. The van der Waals surface area contributed by atoms with Crippen molar-refractivity contribution in [3.8, 4) is 5.75 Å². The number of nitrogen functional groups attached to an aromatic ring is 2. The molecule has 0 saturated carbocycles. The van der Waals surface area contributed by atoms with Gasteiger partial charge in [-0.25, -0.2) is 0 Å². The smallest absolute Gasteiger partial charge is 0.200 e. The zero-order valence-electron chi connectivity index (χ0n) is 11.2. The van der Waals surface area contributed by atoms with E-state index in [1.54, 1.807) is 19.2 Å². The van der Waals surface area contributed by atoms with Crippen LogP contribution in [0, 0.1) is 0 Å². The maximum Gasteiger partial charge on any atom is 0.200 e. The van der Waals surface area contributed by atoms with Crippen LogP contribution in [0.4, 0.5) is 17.1 Å². The second-order valence-corrected chi connectivity index (χ2v) is 4.78. The summed E-state index contributed by atoms with van der Waals surface area (Å²) in [6.07, 6.45) is 0. The van der Waals surface area contributed by atoms with Crippen LogP contribution in [0.5, 0.6) is 5.75 Å². The molecular formula is C15H13N3O3. The molecule has 21 heavy (non-hydrogen) atoms. The minimum absolute atomic E-state index is 0.0228. The first-order valence-electron chi connectivity index (χ1n) is 6.28. The molecule has 6 N–H and O–H groups in total. The Labute approximate surface area is 120 Å². The molecule has 6 nitrogen and oxygen atoms in total. The van der Waals surface area contributed by atoms with Crippen molar-refractivity contribution in [2.45, 2.75) is 0 Å². The van der Waals surface area contributed by atoms with Crippen LogP contribution in [0.2, 0.25) is 0 Å². The molecule has 3 rings (SSSR count). The van der Waals surface area contributed by atoms with Gasteiger partial charge in [0.25, 0.3) is 0 Å². The zero-order valence-corrected chi connectivity index (χ0v) is 11.2. The van der Waals surface area contributed by atoms with Crippen molar-refractivity contribution < 1.29 is 14.7 Å². The average molecular weight is 283 g/mol. The van der Waals surface area contributed by atoms with Gasteiger partial charge in [-0.05, 0) is 24.3 Å². The number of hydrogen-bond acceptors (Lipinski definition) is 6. The number of rotatable bonds is 1. The molecule has 1 aliphatic rings. The number of aromatic hydroxyl groups is 1. The molecule has 0 amide bonds. The van der Waals surface area contributed by atoms with E-state index >= 15 is 0 Å². The van der Waals surface area contributed by atoms with Gasteiger partial charge < -0.3 is 21.9 Å². The molecule has 2 aromatic carbocycles. The summed E-state index contributed by atoms with van der Waals surface area (Å²) in [5.41, 5.74) is 12.7. The van der Waals surface area contributed by atoms with E-state index < -0.39 is 11.6 Å². The van der Waals surface area contributed by atoms with E-state index in [0.29, 0.717) is 5.69 Å². The highest BCUT2D eigenvalue weighted by Crippen LogP contribution is 2.40. The third kappa shape index (κ3) is 1.59. The molecule has 0 unspecified atom stereocenters. The topological polar surface area (TPSA) is 118 Å². The van der Waals surface area contributed by atoms with Crippen LogP contribution in [-0.2, 0) is 0 Å². The van der Waals surface area contributed by atoms with Crippen LogP contribution >= 0.6 is 0 Å². The summed E-state index contributed by atoms with van der Waals surface area (Å²) in [4.78, 5) is 25.4. The van der Waals surface area contributed by atoms with Crippen molar-refractivity contribution in [2.75, 3.05) is 23.8 Å². The van der Waals surface area contributed by atoms with Gasteiger partial charge in [-0.2, -0.15) is 0 Å². The van der Waals surface area contributed by atoms with Crippen LogP contribution in [0.3, 0.4) is 0 Å². The van der Waals surface area contributed by atoms with Gasteiger partial charge >= 0.3 is 0 Å². The van der Waals surface area contributed by atoms with E-state index in [4.69, 9.17) is 11.5 Å². The first-order chi connectivity index (χ1) is 9.97. The number of benzene rings is 2. The van der Waals surface area contributed by atoms with E-state index in [9.17, 15) is 14.7 Å². The van der Waals surface area contributed by atoms with E-state index in [1.165, 1.54) is 12.1 Å². The number of nitrogens with two attached hydrogens (primary N) is 2. The Kier molecular flexibility index (Phi) is 2.62. The molecule has 0 fully saturated rings. The number of carbonyl (C=O) groups excluding carboxylic acids is 2. The van der Waals surface area contributed by atoms with Crippen molar-refractivity contribution >= 4 is 28.6 Å². The van der Waals surface area contributed by atoms with Crippen LogP contribution in [0.1, 0.15) is 31.8 Å². The fraction of sp³-hybridized carbons (Fsp3) is 0.0667. The lowest BCUT2D eigenvalue weighted by atomic mass is 9.81. The minimum atomic E-state index is -0.501. The van der Waals surface area contributed by atoms with Crippen molar-refractivity contribution in [1.29, 1.82) is 0 Å². The van der Waals surface area contributed by atoms with Crippen LogP contribution < -0.4 is 16.8 Å². The lowest BCUT2D eigenvalue weighted by Gasteiger charge is -2.23. The average Bonchev–Trinajstić information content (AvgIpc) is 2.46. The Morgan fingerprint density at radius 3 is 2.00 bits per heavy atom. The summed E-state index contributed by atoms with van der Waals surface area (Å²) < 4.78 is 0. The summed E-state index contributed by atoms with van der Waals surface area (Å²) in [6, 6.07) is 5.87. The third-order valence-electron chi connectivity index (χ3n) is 3.63. The normalized spacial score (nSPS) is 12.8. The molecule has 0 radical (unpaired) electrons. The number of anilines is 3. The zero-order chi connectivity index (χ0) is 15.3. The number of hydrogen-bond donors (Lipinski definition) is 4. The van der Waals surface area contributed by atoms with E-state index in [-0.39, 0.29) is 39.4 Å². The molecule has 0 bridgehead atoms. The number of ketones is 2. The second-order valence-electron chi connectivity index (χ2n) is 4.78. The Bertz CT molecular complexity index is 812. The monoisotopic (exact) mass is 283 g/mol. The van der Waals surface area contributed by atoms with Gasteiger partial charge in [-0.15, -0.1) is 0 Å². The Balaban J connectivity index is 2.44. The molecule has 106 valence electrons. The number of phenols is 1. The molecule has 6 heteroatoms. The van der Waals surface area contributed by atoms with E-state index in [1.807, 2.05) is 0 Å². The number of fused-ring (bicyclic) bond motifs is 2. The van der Waals surface area contributed by atoms with Gasteiger partial charge in [-0.3, -0.25) is 9.59 Å². The van der Waals surface area contributed by atoms with Crippen molar-refractivity contribution in [3.05, 3.63) is 46.5 Å². The van der Waals surface area contributed by atoms with Gasteiger partial charge in [-0.1, -0.05) is 0 Å². The quantitative estimate of drug-likeness (QED) is 0.395. The van der Waals surface area contributed by atoms with Crippen molar-refractivity contribution in [2.24, 2.45) is 0 Å². The maximum absolute atomic E-state index is 12.7. The second kappa shape index (κ2) is 4.24. The Morgan fingerprint density at radius 1 is 0.857 bits per heavy atom. The largest absolute Gasteiger partial charge is 0.507 e. The van der Waals surface area contributed by atoms with E-state index in [2.05, 4.69) is 5.32 Å². The molecule has 0 aromatic heterocycles. The first kappa shape index (κ1) is 13.0. The van der Waals surface area contributed by atoms with E-state index in [0.717, 1.165) is 0 Å². The standard InChI is InChI=1S/C15H13N3O3/c1-18-8-4-2-6(16)10-12(8)14(20)11-7(17)3-5-9(19)13(11)15(10)21/h2-5,18-19H,16-17H2,1H3. The third-order valence-corrected chi connectivity index (χ3v) is 3.63. The highest BCUT2D eigenvalue weighted by Gasteiger charge is 2.36. The summed E-state index contributed by atoms with van der Waals surface area (Å²) in [6.45, 7) is 0. The molecule has 2 aromatic rings. The fourth-order valence-electron chi connectivity index (χ4n) is 2.64. The Morgan fingerprint density at radius 2 is 1.38 bits per heavy atom. The van der Waals surface area contributed by atoms with Crippen LogP contribution in [-0.4, -0.2) is 23.7 Å².